The Labute approximate surface area is 157 Å². The van der Waals surface area contributed by atoms with Crippen molar-refractivity contribution in [2.45, 2.75) is 90.3 Å². The average Bonchev–Trinajstić information content (AvgIpc) is 2.86. The minimum absolute atomic E-state index is 0.0127. The lowest BCUT2D eigenvalue weighted by molar-refractivity contribution is -0.210. The van der Waals surface area contributed by atoms with Crippen LogP contribution in [-0.4, -0.2) is 29.1 Å². The zero-order valence-electron chi connectivity index (χ0n) is 16.5. The van der Waals surface area contributed by atoms with Crippen LogP contribution in [0.15, 0.2) is 0 Å². The van der Waals surface area contributed by atoms with Crippen LogP contribution < -0.4 is 0 Å². The van der Waals surface area contributed by atoms with Crippen molar-refractivity contribution in [3.63, 3.8) is 0 Å². The van der Waals surface area contributed by atoms with Crippen LogP contribution >= 0.6 is 0 Å². The first-order valence-corrected chi connectivity index (χ1v) is 10.6. The summed E-state index contributed by atoms with van der Waals surface area (Å²) in [6.07, 6.45) is 10.1. The third-order valence-electron chi connectivity index (χ3n) is 9.37. The summed E-state index contributed by atoms with van der Waals surface area (Å²) in [5.41, 5.74) is -0.688. The summed E-state index contributed by atoms with van der Waals surface area (Å²) in [6, 6.07) is 0. The Morgan fingerprint density at radius 2 is 1.81 bits per heavy atom. The van der Waals surface area contributed by atoms with Crippen molar-refractivity contribution in [3.05, 3.63) is 0 Å². The summed E-state index contributed by atoms with van der Waals surface area (Å²) >= 11 is 0. The van der Waals surface area contributed by atoms with E-state index in [0.29, 0.717) is 17.8 Å². The number of carbonyl (C=O) groups excluding carboxylic acids is 2. The summed E-state index contributed by atoms with van der Waals surface area (Å²) in [5, 5.41) is 11.8. The second kappa shape index (κ2) is 6.05. The number of hydrogen-bond donors (Lipinski definition) is 1. The number of ether oxygens (including phenoxy) is 1. The van der Waals surface area contributed by atoms with Crippen LogP contribution in [0.1, 0.15) is 78.6 Å². The number of aliphatic hydroxyl groups is 1. The van der Waals surface area contributed by atoms with Gasteiger partial charge < -0.3 is 14.6 Å². The molecule has 0 spiro atoms. The van der Waals surface area contributed by atoms with Crippen LogP contribution in [-0.2, 0) is 14.3 Å². The Hall–Kier alpha value is -0.900. The average molecular weight is 363 g/mol. The highest BCUT2D eigenvalue weighted by atomic mass is 16.5. The second-order valence-electron chi connectivity index (χ2n) is 10.2. The van der Waals surface area contributed by atoms with Gasteiger partial charge in [-0.05, 0) is 81.0 Å². The van der Waals surface area contributed by atoms with E-state index in [1.165, 1.54) is 6.92 Å². The van der Waals surface area contributed by atoms with Gasteiger partial charge in [-0.25, -0.2) is 0 Å². The largest absolute Gasteiger partial charge is 0.463 e. The van der Waals surface area contributed by atoms with Crippen molar-refractivity contribution in [3.8, 4) is 0 Å². The molecule has 4 rings (SSSR count). The van der Waals surface area contributed by atoms with Crippen molar-refractivity contribution in [2.75, 3.05) is 0 Å². The van der Waals surface area contributed by atoms with Crippen LogP contribution in [0.3, 0.4) is 0 Å². The molecule has 0 bridgehead atoms. The molecule has 0 aromatic carbocycles. The first kappa shape index (κ1) is 18.5. The van der Waals surface area contributed by atoms with E-state index in [-0.39, 0.29) is 28.8 Å². The topological polar surface area (TPSA) is 63.6 Å². The van der Waals surface area contributed by atoms with E-state index in [0.717, 1.165) is 64.1 Å². The maximum Gasteiger partial charge on any atom is 0.302 e. The van der Waals surface area contributed by atoms with Gasteiger partial charge in [-0.15, -0.1) is 0 Å². The van der Waals surface area contributed by atoms with E-state index < -0.39 is 5.60 Å². The first-order chi connectivity index (χ1) is 12.2. The third-order valence-corrected chi connectivity index (χ3v) is 9.37. The molecule has 0 aromatic rings. The van der Waals surface area contributed by atoms with Gasteiger partial charge in [0.15, 0.2) is 0 Å². The summed E-state index contributed by atoms with van der Waals surface area (Å²) in [4.78, 5) is 23.0. The van der Waals surface area contributed by atoms with Crippen molar-refractivity contribution in [1.82, 2.24) is 0 Å². The van der Waals surface area contributed by atoms with E-state index in [1.54, 1.807) is 0 Å². The maximum atomic E-state index is 11.8. The molecule has 0 saturated heterocycles. The molecule has 8 atom stereocenters. The van der Waals surface area contributed by atoms with Crippen LogP contribution in [0.4, 0.5) is 0 Å². The minimum atomic E-state index is -0.678. The molecular formula is C22H34O4. The molecule has 4 aliphatic carbocycles. The fourth-order valence-corrected chi connectivity index (χ4v) is 7.79. The van der Waals surface area contributed by atoms with E-state index in [1.807, 2.05) is 0 Å². The molecule has 4 saturated carbocycles. The number of carbonyl (C=O) groups is 2. The lowest BCUT2D eigenvalue weighted by atomic mass is 9.43. The predicted molar refractivity (Wildman–Crippen MR) is 98.3 cm³/mol. The summed E-state index contributed by atoms with van der Waals surface area (Å²) < 4.78 is 5.53. The summed E-state index contributed by atoms with van der Waals surface area (Å²) in [6.45, 7) is 6.10. The Balaban J connectivity index is 1.59. The van der Waals surface area contributed by atoms with E-state index in [2.05, 4.69) is 13.8 Å². The van der Waals surface area contributed by atoms with Gasteiger partial charge in [-0.2, -0.15) is 0 Å². The van der Waals surface area contributed by atoms with Crippen molar-refractivity contribution < 1.29 is 19.4 Å². The zero-order chi connectivity index (χ0) is 18.7. The van der Waals surface area contributed by atoms with Gasteiger partial charge in [-0.1, -0.05) is 13.8 Å². The van der Waals surface area contributed by atoms with Crippen LogP contribution in [0.2, 0.25) is 0 Å². The Morgan fingerprint density at radius 1 is 1.04 bits per heavy atom. The van der Waals surface area contributed by atoms with Crippen molar-refractivity contribution in [1.29, 1.82) is 0 Å². The second-order valence-corrected chi connectivity index (χ2v) is 10.2. The molecule has 1 N–H and O–H groups in total. The van der Waals surface area contributed by atoms with Crippen molar-refractivity contribution in [2.24, 2.45) is 34.5 Å². The molecule has 3 unspecified atom stereocenters. The Bertz CT molecular complexity index is 603. The van der Waals surface area contributed by atoms with Crippen molar-refractivity contribution >= 4 is 12.3 Å². The molecule has 0 radical (unpaired) electrons. The number of hydrogen-bond acceptors (Lipinski definition) is 4. The van der Waals surface area contributed by atoms with Crippen LogP contribution in [0, 0.1) is 34.5 Å². The Morgan fingerprint density at radius 3 is 2.50 bits per heavy atom. The predicted octanol–water partition coefficient (Wildman–Crippen LogP) is 3.89. The standard InChI is InChI=1S/C22H34O4/c1-14(24)26-17-7-9-20(2)15(12-17)4-5-19-18(20)8-10-21(3)16(13-23)6-11-22(19,21)25/h13,15-19,25H,4-12H2,1-3H3/t15?,16?,17?,18-,19-,20+,21-,22-/m1/s1. The molecule has 0 aromatic heterocycles. The van der Waals surface area contributed by atoms with Gasteiger partial charge >= 0.3 is 5.97 Å². The van der Waals surface area contributed by atoms with Gasteiger partial charge in [0.2, 0.25) is 0 Å². The SMILES string of the molecule is CC(=O)OC1CC[C@@]2(C)C(CC[C@@H]3[C@H]2CC[C@]2(C)C(C=O)CC[C@@]32O)C1. The van der Waals surface area contributed by atoms with E-state index in [9.17, 15) is 14.7 Å². The third kappa shape index (κ3) is 2.36. The first-order valence-electron chi connectivity index (χ1n) is 10.6. The number of aldehydes is 1. The molecule has 0 amide bonds. The molecule has 146 valence electrons. The maximum absolute atomic E-state index is 11.8. The lowest BCUT2D eigenvalue weighted by Gasteiger charge is -2.63. The van der Waals surface area contributed by atoms with E-state index in [4.69, 9.17) is 4.74 Å². The van der Waals surface area contributed by atoms with Gasteiger partial charge in [0.1, 0.15) is 12.4 Å². The zero-order valence-corrected chi connectivity index (χ0v) is 16.5. The van der Waals surface area contributed by atoms with Crippen LogP contribution in [0.25, 0.3) is 0 Å². The highest BCUT2D eigenvalue weighted by molar-refractivity contribution is 5.66. The lowest BCUT2D eigenvalue weighted by Crippen LogP contribution is -2.62. The quantitative estimate of drug-likeness (QED) is 0.598. The Kier molecular flexibility index (Phi) is 4.30. The molecule has 4 heteroatoms. The molecule has 0 heterocycles. The van der Waals surface area contributed by atoms with E-state index >= 15 is 0 Å². The smallest absolute Gasteiger partial charge is 0.302 e. The molecule has 0 aliphatic heterocycles. The molecular weight excluding hydrogens is 328 g/mol. The fourth-order valence-electron chi connectivity index (χ4n) is 7.79. The highest BCUT2D eigenvalue weighted by Crippen LogP contribution is 2.68. The fraction of sp³-hybridized carbons (Fsp3) is 0.909. The minimum Gasteiger partial charge on any atom is -0.463 e. The normalized spacial score (nSPS) is 53.2. The molecule has 26 heavy (non-hydrogen) atoms. The van der Waals surface area contributed by atoms with Gasteiger partial charge in [0, 0.05) is 18.3 Å². The van der Waals surface area contributed by atoms with Gasteiger partial charge in [0.05, 0.1) is 5.60 Å². The highest BCUT2D eigenvalue weighted by Gasteiger charge is 2.67. The monoisotopic (exact) mass is 362 g/mol. The molecule has 4 nitrogen and oxygen atoms in total. The number of rotatable bonds is 2. The number of fused-ring (bicyclic) bond motifs is 5. The molecule has 4 aliphatic rings. The summed E-state index contributed by atoms with van der Waals surface area (Å²) in [7, 11) is 0. The molecule has 4 fully saturated rings. The number of esters is 1. The van der Waals surface area contributed by atoms with Gasteiger partial charge in [-0.3, -0.25) is 4.79 Å². The summed E-state index contributed by atoms with van der Waals surface area (Å²) in [5.74, 6) is 1.28. The van der Waals surface area contributed by atoms with Crippen LogP contribution in [0.5, 0.6) is 0 Å². The van der Waals surface area contributed by atoms with Gasteiger partial charge in [0.25, 0.3) is 0 Å².